The molecule has 1 aliphatic rings. The number of amides is 1. The van der Waals surface area contributed by atoms with Gasteiger partial charge in [-0.05, 0) is 77.0 Å². The Kier molecular flexibility index (Phi) is 9.27. The van der Waals surface area contributed by atoms with Gasteiger partial charge >= 0.3 is 0 Å². The normalized spacial score (nSPS) is 15.3. The van der Waals surface area contributed by atoms with Crippen molar-refractivity contribution >= 4 is 40.6 Å². The molecule has 4 rings (SSSR count). The average Bonchev–Trinajstić information content (AvgIpc) is 3.34. The fraction of sp³-hybridized carbons (Fsp3) is 0.400. The third-order valence-corrected chi connectivity index (χ3v) is 7.35. The molecule has 11 nitrogen and oxygen atoms in total. The Hall–Kier alpha value is -4.29. The third-order valence-electron chi connectivity index (χ3n) is 7.35. The number of hydrogen-bond acceptors (Lipinski definition) is 10. The molecule has 12 heteroatoms. The fourth-order valence-corrected chi connectivity index (χ4v) is 5.01. The lowest BCUT2D eigenvalue weighted by atomic mass is 9.95. The van der Waals surface area contributed by atoms with Gasteiger partial charge in [0.15, 0.2) is 0 Å². The van der Waals surface area contributed by atoms with Gasteiger partial charge in [0.05, 0.1) is 29.8 Å². The Morgan fingerprint density at radius 2 is 1.90 bits per heavy atom. The second kappa shape index (κ2) is 12.7. The average molecular weight is 579 g/mol. The monoisotopic (exact) mass is 578 g/mol. The van der Waals surface area contributed by atoms with E-state index in [-0.39, 0.29) is 17.8 Å². The highest BCUT2D eigenvalue weighted by molar-refractivity contribution is 6.02. The van der Waals surface area contributed by atoms with Gasteiger partial charge in [-0.3, -0.25) is 4.79 Å². The van der Waals surface area contributed by atoms with Crippen LogP contribution >= 0.6 is 0 Å². The second-order valence-corrected chi connectivity index (χ2v) is 11.0. The topological polar surface area (TPSA) is 128 Å². The Morgan fingerprint density at radius 3 is 2.50 bits per heavy atom. The van der Waals surface area contributed by atoms with Crippen molar-refractivity contribution in [3.8, 4) is 5.75 Å². The van der Waals surface area contributed by atoms with Gasteiger partial charge in [-0.15, -0.1) is 0 Å². The summed E-state index contributed by atoms with van der Waals surface area (Å²) in [4.78, 5) is 29.7. The number of carbonyl (C=O) groups excluding carboxylic acids is 1. The van der Waals surface area contributed by atoms with Crippen LogP contribution in [0, 0.1) is 12.7 Å². The molecule has 3 aromatic rings. The van der Waals surface area contributed by atoms with Crippen LogP contribution < -0.4 is 25.6 Å². The summed E-state index contributed by atoms with van der Waals surface area (Å²) in [6.45, 7) is 10.2. The summed E-state index contributed by atoms with van der Waals surface area (Å²) in [6.07, 6.45) is 4.81. The van der Waals surface area contributed by atoms with Crippen LogP contribution in [-0.4, -0.2) is 71.2 Å². The zero-order valence-corrected chi connectivity index (χ0v) is 25.0. The number of hydrogen-bond donors (Lipinski definition) is 4. The van der Waals surface area contributed by atoms with Gasteiger partial charge in [0, 0.05) is 37.0 Å². The third kappa shape index (κ3) is 7.12. The molecule has 1 fully saturated rings. The quantitative estimate of drug-likeness (QED) is 0.238. The molecule has 1 saturated heterocycles. The molecule has 224 valence electrons. The van der Waals surface area contributed by atoms with E-state index in [4.69, 9.17) is 4.74 Å². The fourth-order valence-electron chi connectivity index (χ4n) is 5.01. The number of anilines is 6. The number of likely N-dealkylation sites (tertiary alicyclic amines) is 1. The molecule has 0 bridgehead atoms. The molecule has 0 saturated carbocycles. The van der Waals surface area contributed by atoms with Crippen molar-refractivity contribution in [2.75, 3.05) is 55.1 Å². The van der Waals surface area contributed by atoms with Crippen LogP contribution in [0.25, 0.3) is 0 Å². The van der Waals surface area contributed by atoms with E-state index in [9.17, 15) is 14.3 Å². The number of aromatic nitrogens is 3. The van der Waals surface area contributed by atoms with E-state index in [0.29, 0.717) is 40.0 Å². The van der Waals surface area contributed by atoms with Crippen LogP contribution in [0.5, 0.6) is 5.75 Å². The minimum atomic E-state index is -1.31. The summed E-state index contributed by atoms with van der Waals surface area (Å²) in [5, 5.41) is 19.7. The number of nitrogens with one attached hydrogen (secondary N) is 3. The van der Waals surface area contributed by atoms with Crippen molar-refractivity contribution in [1.82, 2.24) is 19.9 Å². The number of carbonyl (C=O) groups is 1. The highest BCUT2D eigenvalue weighted by atomic mass is 19.1. The number of methoxy groups -OCH3 is 1. The number of aryl methyl sites for hydroxylation is 1. The van der Waals surface area contributed by atoms with E-state index in [1.807, 2.05) is 13.1 Å². The van der Waals surface area contributed by atoms with Crippen LogP contribution in [0.1, 0.15) is 37.8 Å². The molecule has 42 heavy (non-hydrogen) atoms. The van der Waals surface area contributed by atoms with Gasteiger partial charge in [0.1, 0.15) is 17.9 Å². The highest BCUT2D eigenvalue weighted by Crippen LogP contribution is 2.38. The number of likely N-dealkylation sites (N-methyl/N-ethyl adjacent to an activating group) is 2. The lowest BCUT2D eigenvalue weighted by Gasteiger charge is -2.29. The van der Waals surface area contributed by atoms with Crippen LogP contribution in [0.2, 0.25) is 0 Å². The maximum absolute atomic E-state index is 14.3. The van der Waals surface area contributed by atoms with Crippen molar-refractivity contribution in [1.29, 1.82) is 0 Å². The largest absolute Gasteiger partial charge is 0.494 e. The zero-order chi connectivity index (χ0) is 30.6. The van der Waals surface area contributed by atoms with Gasteiger partial charge in [-0.25, -0.2) is 14.4 Å². The molecule has 0 unspecified atom stereocenters. The van der Waals surface area contributed by atoms with Crippen molar-refractivity contribution in [3.05, 3.63) is 60.2 Å². The predicted octanol–water partition coefficient (Wildman–Crippen LogP) is 4.70. The first kappa shape index (κ1) is 30.7. The first-order valence-corrected chi connectivity index (χ1v) is 13.7. The number of benzene rings is 2. The Bertz CT molecular complexity index is 1460. The van der Waals surface area contributed by atoms with E-state index in [2.05, 4.69) is 54.3 Å². The van der Waals surface area contributed by atoms with Crippen LogP contribution in [0.4, 0.5) is 39.0 Å². The summed E-state index contributed by atoms with van der Waals surface area (Å²) in [5.41, 5.74) is 1.78. The first-order valence-electron chi connectivity index (χ1n) is 13.7. The molecule has 1 aromatic heterocycles. The van der Waals surface area contributed by atoms with Crippen molar-refractivity contribution in [2.45, 2.75) is 45.3 Å². The highest BCUT2D eigenvalue weighted by Gasteiger charge is 2.25. The molecular formula is C30H39FN8O3. The van der Waals surface area contributed by atoms with Gasteiger partial charge in [-0.2, -0.15) is 4.98 Å². The van der Waals surface area contributed by atoms with Crippen molar-refractivity contribution < 1.29 is 19.0 Å². The summed E-state index contributed by atoms with van der Waals surface area (Å²) >= 11 is 0. The summed E-state index contributed by atoms with van der Waals surface area (Å²) in [6, 6.07) is 6.91. The maximum atomic E-state index is 14.3. The smallest absolute Gasteiger partial charge is 0.247 e. The van der Waals surface area contributed by atoms with E-state index < -0.39 is 11.4 Å². The van der Waals surface area contributed by atoms with Gasteiger partial charge < -0.3 is 35.6 Å². The number of ether oxygens (including phenoxy) is 1. The minimum Gasteiger partial charge on any atom is -0.494 e. The molecule has 1 aliphatic heterocycles. The standard InChI is InChI=1S/C30H39FN8O3/c1-8-27(40)34-23-14-24(26(42-7)15-25(23)39(6)16-19-10-9-11-38(19)5)36-29-33-17-32-28(37-29)35-22-12-18(2)21(31)13-20(22)30(3,4)41/h8,12-15,17,19,41H,1,9-11,16H2,2-7H3,(H,34,40)(H2,32,33,35,36,37)/t19-/m0/s1. The Labute approximate surface area is 245 Å². The van der Waals surface area contributed by atoms with Crippen LogP contribution in [0.15, 0.2) is 43.2 Å². The van der Waals surface area contributed by atoms with Crippen LogP contribution in [-0.2, 0) is 10.4 Å². The molecule has 2 heterocycles. The second-order valence-electron chi connectivity index (χ2n) is 11.0. The van der Waals surface area contributed by atoms with E-state index in [1.165, 1.54) is 18.5 Å². The van der Waals surface area contributed by atoms with Crippen LogP contribution in [0.3, 0.4) is 0 Å². The summed E-state index contributed by atoms with van der Waals surface area (Å²) in [7, 11) is 5.67. The molecule has 1 amide bonds. The van der Waals surface area contributed by atoms with Crippen molar-refractivity contribution in [3.63, 3.8) is 0 Å². The minimum absolute atomic E-state index is 0.181. The molecular weight excluding hydrogens is 539 g/mol. The van der Waals surface area contributed by atoms with Gasteiger partial charge in [-0.1, -0.05) is 6.58 Å². The number of nitrogens with zero attached hydrogens (tertiary/aromatic N) is 5. The summed E-state index contributed by atoms with van der Waals surface area (Å²) < 4.78 is 20.0. The molecule has 2 aromatic carbocycles. The first-order chi connectivity index (χ1) is 19.9. The van der Waals surface area contributed by atoms with E-state index in [1.54, 1.807) is 40.0 Å². The van der Waals surface area contributed by atoms with Gasteiger partial charge in [0.25, 0.3) is 0 Å². The lowest BCUT2D eigenvalue weighted by molar-refractivity contribution is -0.111. The number of rotatable bonds is 11. The Morgan fingerprint density at radius 1 is 1.21 bits per heavy atom. The number of aliphatic hydroxyl groups is 1. The van der Waals surface area contributed by atoms with E-state index in [0.717, 1.165) is 31.6 Å². The molecule has 0 radical (unpaired) electrons. The molecule has 0 aliphatic carbocycles. The van der Waals surface area contributed by atoms with Crippen molar-refractivity contribution in [2.24, 2.45) is 0 Å². The predicted molar refractivity (Wildman–Crippen MR) is 164 cm³/mol. The zero-order valence-electron chi connectivity index (χ0n) is 25.0. The van der Waals surface area contributed by atoms with Gasteiger partial charge in [0.2, 0.25) is 17.8 Å². The molecule has 0 spiro atoms. The SMILES string of the molecule is C=CC(=O)Nc1cc(Nc2ncnc(Nc3cc(C)c(F)cc3C(C)(C)O)n2)c(OC)cc1N(C)C[C@@H]1CCCN1C. The maximum Gasteiger partial charge on any atom is 0.247 e. The summed E-state index contributed by atoms with van der Waals surface area (Å²) in [5.74, 6) is 0.125. The van der Waals surface area contributed by atoms with E-state index >= 15 is 0 Å². The lowest BCUT2D eigenvalue weighted by Crippen LogP contribution is -2.37. The molecule has 1 atom stereocenters. The molecule has 4 N–H and O–H groups in total. The number of halogens is 1. The Balaban J connectivity index is 1.65.